The van der Waals surface area contributed by atoms with Gasteiger partial charge in [-0.2, -0.15) is 26.3 Å². The second-order valence-corrected chi connectivity index (χ2v) is 16.0. The summed E-state index contributed by atoms with van der Waals surface area (Å²) in [5, 5.41) is 0. The summed E-state index contributed by atoms with van der Waals surface area (Å²) in [6, 6.07) is 7.19. The van der Waals surface area contributed by atoms with E-state index in [1.165, 1.54) is 12.1 Å². The Bertz CT molecular complexity index is 1580. The van der Waals surface area contributed by atoms with E-state index in [4.69, 9.17) is 0 Å². The highest BCUT2D eigenvalue weighted by Gasteiger charge is 2.74. The molecule has 1 amide bonds. The van der Waals surface area contributed by atoms with E-state index in [2.05, 4.69) is 6.92 Å². The molecule has 4 aliphatic carbocycles. The fraction of sp³-hybridized carbons (Fsp3) is 0.606. The van der Waals surface area contributed by atoms with Gasteiger partial charge in [0.15, 0.2) is 9.84 Å². The van der Waals surface area contributed by atoms with Crippen LogP contribution in [0.4, 0.5) is 30.7 Å². The number of fused-ring (bicyclic) bond motifs is 6. The number of carbonyl (C=O) groups excluding carboxylic acids is 1. The van der Waals surface area contributed by atoms with Gasteiger partial charge < -0.3 is 4.90 Å². The van der Waals surface area contributed by atoms with Gasteiger partial charge in [-0.15, -0.1) is 0 Å². The SMILES string of the molecule is CCc1ccc(S(=O)(=O)C23CCN(C(=O)C45CCC(C)(CC4)CC5)C2CCc2cc(C(F)(C(F)(F)F)C(F)(F)F)ccc23)cc1. The van der Waals surface area contributed by atoms with Crippen molar-refractivity contribution in [3.05, 3.63) is 64.7 Å². The molecule has 4 nitrogen and oxygen atoms in total. The van der Waals surface area contributed by atoms with E-state index in [0.29, 0.717) is 37.8 Å². The predicted octanol–water partition coefficient (Wildman–Crippen LogP) is 8.12. The zero-order valence-corrected chi connectivity index (χ0v) is 25.9. The lowest BCUT2D eigenvalue weighted by Gasteiger charge is -2.53. The summed E-state index contributed by atoms with van der Waals surface area (Å²) in [6.07, 6.45) is -7.40. The molecule has 246 valence electrons. The quantitative estimate of drug-likeness (QED) is 0.305. The normalized spacial score (nSPS) is 30.2. The third-order valence-electron chi connectivity index (χ3n) is 11.5. The molecule has 12 heteroatoms. The Morgan fingerprint density at radius 1 is 0.867 bits per heavy atom. The Morgan fingerprint density at radius 2 is 1.44 bits per heavy atom. The lowest BCUT2D eigenvalue weighted by molar-refractivity contribution is -0.348. The Labute approximate surface area is 258 Å². The van der Waals surface area contributed by atoms with Crippen LogP contribution in [0.1, 0.15) is 87.5 Å². The van der Waals surface area contributed by atoms with Crippen LogP contribution in [0.5, 0.6) is 0 Å². The molecular weight excluding hydrogens is 623 g/mol. The Morgan fingerprint density at radius 3 is 1.98 bits per heavy atom. The summed E-state index contributed by atoms with van der Waals surface area (Å²) >= 11 is 0. The lowest BCUT2D eigenvalue weighted by atomic mass is 9.54. The van der Waals surface area contributed by atoms with E-state index in [1.54, 1.807) is 17.0 Å². The maximum atomic E-state index is 15.1. The molecule has 7 rings (SSSR count). The van der Waals surface area contributed by atoms with Crippen molar-refractivity contribution >= 4 is 15.7 Å². The minimum atomic E-state index is -6.30. The van der Waals surface area contributed by atoms with E-state index in [1.807, 2.05) is 6.92 Å². The fourth-order valence-corrected chi connectivity index (χ4v) is 11.0. The average molecular weight is 660 g/mol. The van der Waals surface area contributed by atoms with Crippen LogP contribution in [0.25, 0.3) is 0 Å². The maximum Gasteiger partial charge on any atom is 0.435 e. The van der Waals surface area contributed by atoms with Gasteiger partial charge >= 0.3 is 18.0 Å². The van der Waals surface area contributed by atoms with Crippen molar-refractivity contribution in [1.82, 2.24) is 4.90 Å². The van der Waals surface area contributed by atoms with E-state index in [-0.39, 0.29) is 53.2 Å². The molecule has 1 heterocycles. The number of carbonyl (C=O) groups is 1. The molecule has 0 spiro atoms. The first kappa shape index (κ1) is 32.3. The molecule has 2 aromatic carbocycles. The van der Waals surface area contributed by atoms with Crippen LogP contribution < -0.4 is 0 Å². The van der Waals surface area contributed by atoms with Crippen molar-refractivity contribution in [3.8, 4) is 0 Å². The number of alkyl halides is 7. The molecule has 0 aromatic heterocycles. The molecule has 0 N–H and O–H groups in total. The summed E-state index contributed by atoms with van der Waals surface area (Å²) < 4.78 is 125. The van der Waals surface area contributed by atoms with Gasteiger partial charge in [-0.05, 0) is 98.4 Å². The molecule has 3 saturated carbocycles. The highest BCUT2D eigenvalue weighted by atomic mass is 32.2. The first-order valence-corrected chi connectivity index (χ1v) is 16.9. The zero-order valence-electron chi connectivity index (χ0n) is 25.1. The van der Waals surface area contributed by atoms with E-state index >= 15 is 4.39 Å². The largest absolute Gasteiger partial charge is 0.435 e. The van der Waals surface area contributed by atoms with Crippen LogP contribution >= 0.6 is 0 Å². The average Bonchev–Trinajstić information content (AvgIpc) is 3.41. The summed E-state index contributed by atoms with van der Waals surface area (Å²) in [5.41, 5.74) is -6.90. The number of amides is 1. The Hall–Kier alpha value is -2.63. The molecule has 1 saturated heterocycles. The molecule has 1 aliphatic heterocycles. The highest BCUT2D eigenvalue weighted by molar-refractivity contribution is 7.92. The number of rotatable bonds is 5. The monoisotopic (exact) mass is 659 g/mol. The number of halogens is 7. The number of sulfone groups is 1. The molecular formula is C33H36F7NO3S. The second-order valence-electron chi connectivity index (χ2n) is 13.8. The van der Waals surface area contributed by atoms with Gasteiger partial charge in [0, 0.05) is 17.5 Å². The van der Waals surface area contributed by atoms with Crippen molar-refractivity contribution in [2.75, 3.05) is 6.54 Å². The van der Waals surface area contributed by atoms with Gasteiger partial charge in [-0.3, -0.25) is 4.79 Å². The van der Waals surface area contributed by atoms with Crippen LogP contribution in [-0.2, 0) is 37.9 Å². The van der Waals surface area contributed by atoms with E-state index < -0.39 is 49.6 Å². The molecule has 5 aliphatic rings. The second kappa shape index (κ2) is 10.2. The number of hydrogen-bond donors (Lipinski definition) is 0. The minimum Gasteiger partial charge on any atom is -0.337 e. The van der Waals surface area contributed by atoms with Crippen molar-refractivity contribution in [3.63, 3.8) is 0 Å². The van der Waals surface area contributed by atoms with Crippen LogP contribution in [0.2, 0.25) is 0 Å². The zero-order chi connectivity index (χ0) is 32.8. The molecule has 2 bridgehead atoms. The Kier molecular flexibility index (Phi) is 7.31. The number of aryl methyl sites for hydroxylation is 2. The lowest BCUT2D eigenvalue weighted by Crippen LogP contribution is -2.57. The van der Waals surface area contributed by atoms with Gasteiger partial charge in [-0.25, -0.2) is 12.8 Å². The molecule has 2 aromatic rings. The van der Waals surface area contributed by atoms with Crippen LogP contribution in [-0.4, -0.2) is 44.2 Å². The topological polar surface area (TPSA) is 54.5 Å². The van der Waals surface area contributed by atoms with Gasteiger partial charge in [0.2, 0.25) is 5.91 Å². The summed E-state index contributed by atoms with van der Waals surface area (Å²) in [4.78, 5) is 16.0. The van der Waals surface area contributed by atoms with Crippen molar-refractivity contribution in [1.29, 1.82) is 0 Å². The predicted molar refractivity (Wildman–Crippen MR) is 153 cm³/mol. The highest BCUT2D eigenvalue weighted by Crippen LogP contribution is 2.60. The molecule has 2 unspecified atom stereocenters. The molecule has 4 fully saturated rings. The molecule has 2 atom stereocenters. The summed E-state index contributed by atoms with van der Waals surface area (Å²) in [7, 11) is -4.36. The van der Waals surface area contributed by atoms with Crippen LogP contribution in [0.3, 0.4) is 0 Å². The third-order valence-corrected chi connectivity index (χ3v) is 14.1. The first-order valence-electron chi connectivity index (χ1n) is 15.5. The van der Waals surface area contributed by atoms with Gasteiger partial charge in [0.25, 0.3) is 0 Å². The van der Waals surface area contributed by atoms with Crippen molar-refractivity contribution in [2.45, 2.75) is 112 Å². The van der Waals surface area contributed by atoms with Crippen LogP contribution in [0.15, 0.2) is 47.4 Å². The Balaban J connectivity index is 1.49. The van der Waals surface area contributed by atoms with E-state index in [9.17, 15) is 39.6 Å². The van der Waals surface area contributed by atoms with Gasteiger partial charge in [-0.1, -0.05) is 44.2 Å². The first-order chi connectivity index (χ1) is 20.9. The molecule has 45 heavy (non-hydrogen) atoms. The van der Waals surface area contributed by atoms with Gasteiger partial charge in [0.05, 0.1) is 10.9 Å². The third kappa shape index (κ3) is 4.50. The minimum absolute atomic E-state index is 0.000413. The summed E-state index contributed by atoms with van der Waals surface area (Å²) in [5.74, 6) is -0.121. The standard InChI is InChI=1S/C33H36F7NO3S/c1-3-21-4-8-24(9-5-21)45(43,44)30-18-19-41(27(42)29-15-12-28(2,13-16-29)14-17-29)26(30)11-6-22-20-23(7-10-25(22)30)31(34,32(35,36)37)33(38,39)40/h4-5,7-10,20,26H,3,6,11-19H2,1-2H3. The number of benzene rings is 2. The fourth-order valence-electron chi connectivity index (χ4n) is 8.59. The smallest absolute Gasteiger partial charge is 0.337 e. The van der Waals surface area contributed by atoms with E-state index in [0.717, 1.165) is 30.9 Å². The number of nitrogens with zero attached hydrogens (tertiary/aromatic N) is 1. The maximum absolute atomic E-state index is 15.1. The van der Waals surface area contributed by atoms with Crippen molar-refractivity contribution in [2.24, 2.45) is 10.8 Å². The summed E-state index contributed by atoms with van der Waals surface area (Å²) in [6.45, 7) is 4.20. The molecule has 0 radical (unpaired) electrons. The van der Waals surface area contributed by atoms with Gasteiger partial charge in [0.1, 0.15) is 4.75 Å². The van der Waals surface area contributed by atoms with Crippen LogP contribution in [0, 0.1) is 10.8 Å². The number of likely N-dealkylation sites (tertiary alicyclic amines) is 1. The number of hydrogen-bond acceptors (Lipinski definition) is 3. The van der Waals surface area contributed by atoms with Crippen molar-refractivity contribution < 1.29 is 43.9 Å².